The van der Waals surface area contributed by atoms with E-state index in [0.717, 1.165) is 12.1 Å². The third kappa shape index (κ3) is 3.77. The van der Waals surface area contributed by atoms with E-state index in [4.69, 9.17) is 0 Å². The zero-order valence-corrected chi connectivity index (χ0v) is 10.7. The maximum absolute atomic E-state index is 12.3. The van der Waals surface area contributed by atoms with Crippen molar-refractivity contribution in [3.8, 4) is 0 Å². The molecule has 1 rings (SSSR count). The van der Waals surface area contributed by atoms with E-state index in [9.17, 15) is 26.4 Å². The smallest absolute Gasteiger partial charge is 0.377 e. The quantitative estimate of drug-likeness (QED) is 0.830. The van der Waals surface area contributed by atoms with Gasteiger partial charge in [0, 0.05) is 13.5 Å². The zero-order chi connectivity index (χ0) is 14.7. The summed E-state index contributed by atoms with van der Waals surface area (Å²) in [5.41, 5.74) is -4.91. The van der Waals surface area contributed by atoms with Crippen LogP contribution in [0.3, 0.4) is 0 Å². The average Bonchev–Trinajstić information content (AvgIpc) is 2.28. The van der Waals surface area contributed by atoms with Crippen molar-refractivity contribution in [1.82, 2.24) is 0 Å². The highest BCUT2D eigenvalue weighted by Gasteiger charge is 2.46. The molecule has 1 aromatic carbocycles. The number of halogens is 3. The number of methoxy groups -OCH3 is 1. The van der Waals surface area contributed by atoms with Gasteiger partial charge in [0.05, 0.1) is 4.90 Å². The third-order valence-corrected chi connectivity index (χ3v) is 3.75. The number of hydrogen-bond donors (Lipinski definition) is 0. The summed E-state index contributed by atoms with van der Waals surface area (Å²) in [4.78, 5) is 10.4. The second kappa shape index (κ2) is 5.70. The minimum absolute atomic E-state index is 0.0276. The summed E-state index contributed by atoms with van der Waals surface area (Å²) < 4.78 is 63.6. The minimum atomic E-state index is -5.34. The molecule has 0 N–H and O–H groups in total. The number of carbonyl (C=O) groups excluding carboxylic acids is 1. The molecular weight excluding hydrogens is 285 g/mol. The van der Waals surface area contributed by atoms with Crippen LogP contribution >= 0.6 is 0 Å². The van der Waals surface area contributed by atoms with Crippen LogP contribution in [-0.2, 0) is 25.8 Å². The van der Waals surface area contributed by atoms with E-state index in [1.807, 2.05) is 0 Å². The van der Waals surface area contributed by atoms with E-state index in [2.05, 4.69) is 4.74 Å². The number of ketones is 1. The molecule has 0 spiro atoms. The molecule has 0 fully saturated rings. The molecule has 0 saturated heterocycles. The molecule has 106 valence electrons. The second-order valence-electron chi connectivity index (χ2n) is 3.74. The van der Waals surface area contributed by atoms with Gasteiger partial charge in [-0.15, -0.1) is 0 Å². The maximum atomic E-state index is 12.3. The van der Waals surface area contributed by atoms with E-state index in [1.54, 1.807) is 0 Å². The molecule has 19 heavy (non-hydrogen) atoms. The number of alkyl halides is 3. The van der Waals surface area contributed by atoms with Crippen LogP contribution in [-0.4, -0.2) is 33.4 Å². The normalized spacial score (nSPS) is 12.4. The number of sulfone groups is 1. The van der Waals surface area contributed by atoms with Crippen LogP contribution in [0.5, 0.6) is 0 Å². The van der Waals surface area contributed by atoms with Crippen molar-refractivity contribution >= 4 is 15.6 Å². The first-order valence-corrected chi connectivity index (χ1v) is 6.57. The van der Waals surface area contributed by atoms with Gasteiger partial charge in [-0.25, -0.2) is 8.42 Å². The molecule has 4 nitrogen and oxygen atoms in total. The molecule has 0 saturated carbocycles. The van der Waals surface area contributed by atoms with Gasteiger partial charge in [-0.3, -0.25) is 4.79 Å². The lowest BCUT2D eigenvalue weighted by molar-refractivity contribution is -0.121. The summed E-state index contributed by atoms with van der Waals surface area (Å²) in [6, 6.07) is 4.01. The highest BCUT2D eigenvalue weighted by atomic mass is 32.2. The fourth-order valence-electron chi connectivity index (χ4n) is 1.36. The molecule has 0 aliphatic rings. The number of rotatable bonds is 5. The molecule has 8 heteroatoms. The van der Waals surface area contributed by atoms with Gasteiger partial charge in [0.2, 0.25) is 0 Å². The molecular formula is C11H11F3O4S. The molecule has 0 bridgehead atoms. The van der Waals surface area contributed by atoms with Crippen LogP contribution in [0.2, 0.25) is 0 Å². The van der Waals surface area contributed by atoms with Gasteiger partial charge in [-0.05, 0) is 17.7 Å². The van der Waals surface area contributed by atoms with Gasteiger partial charge in [-0.2, -0.15) is 13.2 Å². The lowest BCUT2D eigenvalue weighted by Crippen LogP contribution is -2.23. The molecule has 0 aromatic heterocycles. The van der Waals surface area contributed by atoms with Crippen LogP contribution in [0.25, 0.3) is 0 Å². The summed E-state index contributed by atoms with van der Waals surface area (Å²) in [5, 5.41) is 0. The molecule has 0 radical (unpaired) electrons. The summed E-state index contributed by atoms with van der Waals surface area (Å²) in [7, 11) is -4.00. The predicted molar refractivity (Wildman–Crippen MR) is 60.3 cm³/mol. The Kier molecular flexibility index (Phi) is 4.70. The van der Waals surface area contributed by atoms with E-state index in [1.165, 1.54) is 19.2 Å². The number of benzene rings is 1. The summed E-state index contributed by atoms with van der Waals surface area (Å²) in [6.45, 7) is -0.109. The predicted octanol–water partition coefficient (Wildman–Crippen LogP) is 1.74. The van der Waals surface area contributed by atoms with Crippen molar-refractivity contribution in [2.24, 2.45) is 0 Å². The summed E-state index contributed by atoms with van der Waals surface area (Å²) in [5.74, 6) is -0.256. The van der Waals surface area contributed by atoms with Crippen molar-refractivity contribution in [3.05, 3.63) is 29.8 Å². The molecule has 0 heterocycles. The first-order chi connectivity index (χ1) is 8.68. The van der Waals surface area contributed by atoms with Crippen molar-refractivity contribution in [2.75, 3.05) is 13.7 Å². The van der Waals surface area contributed by atoms with E-state index >= 15 is 0 Å². The molecule has 1 aromatic rings. The fraction of sp³-hybridized carbons (Fsp3) is 0.364. The standard InChI is InChI=1S/C11H11F3O4S/c1-18-7-9(15)6-8-2-4-10(5-3-8)19(16,17)11(12,13)14/h2-5H,6-7H2,1H3. The molecule has 0 atom stereocenters. The molecule has 0 amide bonds. The highest BCUT2D eigenvalue weighted by Crippen LogP contribution is 2.30. The van der Waals surface area contributed by atoms with E-state index in [-0.39, 0.29) is 18.8 Å². The van der Waals surface area contributed by atoms with Crippen LogP contribution < -0.4 is 0 Å². The van der Waals surface area contributed by atoms with Crippen molar-refractivity contribution in [3.63, 3.8) is 0 Å². The Morgan fingerprint density at radius 3 is 2.16 bits per heavy atom. The zero-order valence-electron chi connectivity index (χ0n) is 9.90. The topological polar surface area (TPSA) is 60.4 Å². The Labute approximate surface area is 108 Å². The van der Waals surface area contributed by atoms with Gasteiger partial charge in [-0.1, -0.05) is 12.1 Å². The highest BCUT2D eigenvalue weighted by molar-refractivity contribution is 7.92. The molecule has 0 unspecified atom stereocenters. The number of hydrogen-bond acceptors (Lipinski definition) is 4. The largest absolute Gasteiger partial charge is 0.501 e. The van der Waals surface area contributed by atoms with Crippen LogP contribution in [0, 0.1) is 0 Å². The van der Waals surface area contributed by atoms with Crippen molar-refractivity contribution in [2.45, 2.75) is 16.8 Å². The maximum Gasteiger partial charge on any atom is 0.501 e. The SMILES string of the molecule is COCC(=O)Cc1ccc(S(=O)(=O)C(F)(F)F)cc1. The fourth-order valence-corrected chi connectivity index (χ4v) is 2.12. The first kappa shape index (κ1) is 15.6. The van der Waals surface area contributed by atoms with Gasteiger partial charge >= 0.3 is 5.51 Å². The van der Waals surface area contributed by atoms with Gasteiger partial charge in [0.15, 0.2) is 5.78 Å². The third-order valence-electron chi connectivity index (χ3n) is 2.24. The van der Waals surface area contributed by atoms with Gasteiger partial charge in [0.1, 0.15) is 6.61 Å². The van der Waals surface area contributed by atoms with Crippen molar-refractivity contribution < 1.29 is 31.1 Å². The minimum Gasteiger partial charge on any atom is -0.377 e. The lowest BCUT2D eigenvalue weighted by atomic mass is 10.1. The lowest BCUT2D eigenvalue weighted by Gasteiger charge is -2.08. The Morgan fingerprint density at radius 1 is 1.21 bits per heavy atom. The van der Waals surface area contributed by atoms with Crippen LogP contribution in [0.1, 0.15) is 5.56 Å². The Balaban J connectivity index is 2.92. The second-order valence-corrected chi connectivity index (χ2v) is 5.68. The Bertz CT molecular complexity index is 546. The Hall–Kier alpha value is -1.41. The average molecular weight is 296 g/mol. The van der Waals surface area contributed by atoms with Gasteiger partial charge in [0.25, 0.3) is 9.84 Å². The summed E-state index contributed by atoms with van der Waals surface area (Å²) in [6.07, 6.45) is -0.0276. The monoisotopic (exact) mass is 296 g/mol. The first-order valence-electron chi connectivity index (χ1n) is 5.09. The number of carbonyl (C=O) groups is 1. The molecule has 0 aliphatic carbocycles. The van der Waals surface area contributed by atoms with Gasteiger partial charge < -0.3 is 4.74 Å². The number of ether oxygens (including phenoxy) is 1. The Morgan fingerprint density at radius 2 is 1.74 bits per heavy atom. The summed E-state index contributed by atoms with van der Waals surface area (Å²) >= 11 is 0. The van der Waals surface area contributed by atoms with Crippen LogP contribution in [0.4, 0.5) is 13.2 Å². The van der Waals surface area contributed by atoms with E-state index in [0.29, 0.717) is 5.56 Å². The van der Waals surface area contributed by atoms with Crippen LogP contribution in [0.15, 0.2) is 29.2 Å². The number of Topliss-reactive ketones (excluding diaryl/α,β-unsaturated/α-hetero) is 1. The molecule has 0 aliphatic heterocycles. The van der Waals surface area contributed by atoms with Crippen molar-refractivity contribution in [1.29, 1.82) is 0 Å². The van der Waals surface area contributed by atoms with E-state index < -0.39 is 20.2 Å².